The number of furan rings is 1. The Morgan fingerprint density at radius 2 is 1.82 bits per heavy atom. The third-order valence-corrected chi connectivity index (χ3v) is 5.40. The van der Waals surface area contributed by atoms with E-state index < -0.39 is 0 Å². The smallest absolute Gasteiger partial charge is 0.257 e. The van der Waals surface area contributed by atoms with Crippen molar-refractivity contribution in [1.82, 2.24) is 9.80 Å². The summed E-state index contributed by atoms with van der Waals surface area (Å²) in [6.07, 6.45) is 2.61. The van der Waals surface area contributed by atoms with Gasteiger partial charge >= 0.3 is 0 Å². The number of morpholine rings is 1. The van der Waals surface area contributed by atoms with Crippen molar-refractivity contribution in [3.63, 3.8) is 0 Å². The van der Waals surface area contributed by atoms with Gasteiger partial charge in [0, 0.05) is 31.7 Å². The van der Waals surface area contributed by atoms with Crippen LogP contribution >= 0.6 is 0 Å². The second kappa shape index (κ2) is 11.1. The van der Waals surface area contributed by atoms with E-state index in [0.717, 1.165) is 0 Å². The van der Waals surface area contributed by atoms with Gasteiger partial charge in [0.05, 0.1) is 45.9 Å². The van der Waals surface area contributed by atoms with E-state index in [0.29, 0.717) is 61.2 Å². The van der Waals surface area contributed by atoms with Crippen LogP contribution in [0.15, 0.2) is 35.1 Å². The van der Waals surface area contributed by atoms with E-state index in [1.165, 1.54) is 33.9 Å². The summed E-state index contributed by atoms with van der Waals surface area (Å²) < 4.78 is 27.1. The van der Waals surface area contributed by atoms with Crippen LogP contribution in [0.1, 0.15) is 34.6 Å². The summed E-state index contributed by atoms with van der Waals surface area (Å²) >= 11 is 0. The molecule has 0 bridgehead atoms. The van der Waals surface area contributed by atoms with Gasteiger partial charge in [0.15, 0.2) is 11.5 Å². The Bertz CT molecular complexity index is 917. The van der Waals surface area contributed by atoms with Crippen LogP contribution in [0, 0.1) is 5.92 Å². The summed E-state index contributed by atoms with van der Waals surface area (Å²) in [5, 5.41) is 0. The molecule has 33 heavy (non-hydrogen) atoms. The highest BCUT2D eigenvalue weighted by molar-refractivity contribution is 5.96. The third-order valence-electron chi connectivity index (χ3n) is 5.40. The van der Waals surface area contributed by atoms with Gasteiger partial charge in [-0.1, -0.05) is 13.8 Å². The van der Waals surface area contributed by atoms with Crippen molar-refractivity contribution in [2.24, 2.45) is 5.92 Å². The van der Waals surface area contributed by atoms with E-state index in [9.17, 15) is 9.59 Å². The highest BCUT2D eigenvalue weighted by Gasteiger charge is 2.30. The highest BCUT2D eigenvalue weighted by atomic mass is 16.5. The van der Waals surface area contributed by atoms with E-state index in [2.05, 4.69) is 0 Å². The van der Waals surface area contributed by atoms with Gasteiger partial charge < -0.3 is 33.2 Å². The minimum Gasteiger partial charge on any atom is -0.493 e. The Morgan fingerprint density at radius 1 is 1.12 bits per heavy atom. The van der Waals surface area contributed by atoms with E-state index in [4.69, 9.17) is 23.4 Å². The van der Waals surface area contributed by atoms with Crippen LogP contribution in [-0.2, 0) is 4.74 Å². The van der Waals surface area contributed by atoms with Gasteiger partial charge in [-0.15, -0.1) is 0 Å². The first-order chi connectivity index (χ1) is 15.9. The van der Waals surface area contributed by atoms with E-state index in [1.807, 2.05) is 13.8 Å². The predicted molar refractivity (Wildman–Crippen MR) is 121 cm³/mol. The molecule has 1 aromatic carbocycles. The zero-order chi connectivity index (χ0) is 24.0. The van der Waals surface area contributed by atoms with Gasteiger partial charge in [-0.05, 0) is 24.1 Å². The minimum atomic E-state index is -0.306. The molecule has 1 aromatic heterocycles. The predicted octanol–water partition coefficient (Wildman–Crippen LogP) is 2.94. The van der Waals surface area contributed by atoms with Gasteiger partial charge in [0.1, 0.15) is 6.26 Å². The maximum absolute atomic E-state index is 13.5. The van der Waals surface area contributed by atoms with E-state index in [1.54, 1.807) is 28.0 Å². The van der Waals surface area contributed by atoms with Crippen LogP contribution in [-0.4, -0.2) is 81.8 Å². The van der Waals surface area contributed by atoms with Crippen molar-refractivity contribution in [2.45, 2.75) is 20.0 Å². The molecule has 1 fully saturated rings. The van der Waals surface area contributed by atoms with E-state index >= 15 is 0 Å². The number of carbonyl (C=O) groups is 2. The van der Waals surface area contributed by atoms with Crippen LogP contribution in [0.25, 0.3) is 0 Å². The zero-order valence-corrected chi connectivity index (χ0v) is 19.8. The average molecular weight is 461 g/mol. The van der Waals surface area contributed by atoms with Gasteiger partial charge in [-0.25, -0.2) is 0 Å². The summed E-state index contributed by atoms with van der Waals surface area (Å²) in [6.45, 7) is 6.26. The quantitative estimate of drug-likeness (QED) is 0.568. The normalized spacial score (nSPS) is 15.9. The lowest BCUT2D eigenvalue weighted by Gasteiger charge is -2.36. The van der Waals surface area contributed by atoms with Gasteiger partial charge in [-0.2, -0.15) is 0 Å². The van der Waals surface area contributed by atoms with Crippen molar-refractivity contribution in [3.05, 3.63) is 41.9 Å². The van der Waals surface area contributed by atoms with Crippen LogP contribution in [0.3, 0.4) is 0 Å². The second-order valence-electron chi connectivity index (χ2n) is 8.27. The number of rotatable bonds is 9. The molecule has 2 amide bonds. The molecule has 0 aliphatic carbocycles. The number of benzene rings is 1. The molecule has 1 aliphatic heterocycles. The number of nitrogens with zero attached hydrogens (tertiary/aromatic N) is 2. The lowest BCUT2D eigenvalue weighted by Crippen LogP contribution is -2.51. The van der Waals surface area contributed by atoms with Crippen LogP contribution in [0.5, 0.6) is 17.2 Å². The molecule has 0 N–H and O–H groups in total. The first-order valence-corrected chi connectivity index (χ1v) is 10.9. The molecular formula is C24H32N2O7. The molecule has 1 atom stereocenters. The molecular weight excluding hydrogens is 428 g/mol. The number of hydrogen-bond acceptors (Lipinski definition) is 7. The molecule has 3 rings (SSSR count). The molecule has 1 aliphatic rings. The van der Waals surface area contributed by atoms with Crippen LogP contribution < -0.4 is 14.2 Å². The van der Waals surface area contributed by atoms with Gasteiger partial charge in [0.2, 0.25) is 5.75 Å². The summed E-state index contributed by atoms with van der Waals surface area (Å²) in [5.74, 6) is 1.21. The Morgan fingerprint density at radius 3 is 2.36 bits per heavy atom. The first-order valence-electron chi connectivity index (χ1n) is 10.9. The molecule has 180 valence electrons. The molecule has 9 heteroatoms. The number of ether oxygens (including phenoxy) is 4. The van der Waals surface area contributed by atoms with Gasteiger partial charge in [-0.3, -0.25) is 9.59 Å². The summed E-state index contributed by atoms with van der Waals surface area (Å²) in [4.78, 5) is 29.7. The minimum absolute atomic E-state index is 0.108. The maximum atomic E-state index is 13.5. The highest BCUT2D eigenvalue weighted by Crippen LogP contribution is 2.38. The monoisotopic (exact) mass is 460 g/mol. The lowest BCUT2D eigenvalue weighted by molar-refractivity contribution is -0.0340. The molecule has 1 saturated heterocycles. The first kappa shape index (κ1) is 24.4. The fourth-order valence-corrected chi connectivity index (χ4v) is 3.90. The second-order valence-corrected chi connectivity index (χ2v) is 8.27. The summed E-state index contributed by atoms with van der Waals surface area (Å²) in [7, 11) is 4.54. The van der Waals surface area contributed by atoms with Crippen molar-refractivity contribution >= 4 is 11.8 Å². The Hall–Kier alpha value is -3.20. The van der Waals surface area contributed by atoms with Crippen LogP contribution in [0.4, 0.5) is 0 Å². The molecule has 0 spiro atoms. The zero-order valence-electron chi connectivity index (χ0n) is 19.8. The molecule has 0 radical (unpaired) electrons. The topological polar surface area (TPSA) is 90.7 Å². The van der Waals surface area contributed by atoms with Crippen molar-refractivity contribution < 1.29 is 33.0 Å². The third kappa shape index (κ3) is 5.78. The fourth-order valence-electron chi connectivity index (χ4n) is 3.90. The number of methoxy groups -OCH3 is 3. The summed E-state index contributed by atoms with van der Waals surface area (Å²) in [5.41, 5.74) is 0.926. The van der Waals surface area contributed by atoms with Crippen molar-refractivity contribution in [1.29, 1.82) is 0 Å². The standard InChI is InChI=1S/C24H32N2O7/c1-16(2)12-26(24(28)18-10-20(29-3)22(31-5)21(11-18)30-4)14-19-13-25(7-9-33-19)23(27)17-6-8-32-15-17/h6,8,10-11,15-16,19H,7,9,12-14H2,1-5H3/t19-/m0/s1. The lowest BCUT2D eigenvalue weighted by atomic mass is 10.1. The molecule has 9 nitrogen and oxygen atoms in total. The Kier molecular flexibility index (Phi) is 8.21. The van der Waals surface area contributed by atoms with Crippen molar-refractivity contribution in [2.75, 3.05) is 54.1 Å². The number of hydrogen-bond donors (Lipinski definition) is 0. The maximum Gasteiger partial charge on any atom is 0.257 e. The Balaban J connectivity index is 1.79. The van der Waals surface area contributed by atoms with Crippen molar-refractivity contribution in [3.8, 4) is 17.2 Å². The molecule has 0 saturated carbocycles. The molecule has 0 unspecified atom stereocenters. The largest absolute Gasteiger partial charge is 0.493 e. The average Bonchev–Trinajstić information content (AvgIpc) is 3.36. The van der Waals surface area contributed by atoms with E-state index in [-0.39, 0.29) is 23.8 Å². The fraction of sp³-hybridized carbons (Fsp3) is 0.500. The summed E-state index contributed by atoms with van der Waals surface area (Å²) in [6, 6.07) is 4.94. The SMILES string of the molecule is COc1cc(C(=O)N(CC(C)C)C[C@@H]2CN(C(=O)c3ccoc3)CCO2)cc(OC)c1OC. The van der Waals surface area contributed by atoms with Crippen LogP contribution in [0.2, 0.25) is 0 Å². The Labute approximate surface area is 194 Å². The molecule has 2 aromatic rings. The number of amides is 2. The van der Waals surface area contributed by atoms with Gasteiger partial charge in [0.25, 0.3) is 11.8 Å². The molecule has 2 heterocycles. The number of carbonyl (C=O) groups excluding carboxylic acids is 2.